The minimum atomic E-state index is -0.771. The normalized spacial score (nSPS) is 11.3. The molecule has 100 valence electrons. The zero-order chi connectivity index (χ0) is 13.8. The van der Waals surface area contributed by atoms with Crippen molar-refractivity contribution in [2.45, 2.75) is 26.7 Å². The zero-order valence-electron chi connectivity index (χ0n) is 10.4. The summed E-state index contributed by atoms with van der Waals surface area (Å²) in [6, 6.07) is 5.69. The second kappa shape index (κ2) is 6.57. The van der Waals surface area contributed by atoms with Gasteiger partial charge in [-0.2, -0.15) is 0 Å². The van der Waals surface area contributed by atoms with Crippen molar-refractivity contribution >= 4 is 37.8 Å². The molecule has 0 unspecified atom stereocenters. The Morgan fingerprint density at radius 2 is 2.06 bits per heavy atom. The van der Waals surface area contributed by atoms with Gasteiger partial charge in [-0.1, -0.05) is 15.9 Å². The third-order valence-corrected chi connectivity index (χ3v) is 3.79. The van der Waals surface area contributed by atoms with Crippen LogP contribution in [0.5, 0.6) is 5.75 Å². The molecule has 0 bridgehead atoms. The highest BCUT2D eigenvalue weighted by molar-refractivity contribution is 9.11. The van der Waals surface area contributed by atoms with Crippen molar-refractivity contribution in [3.63, 3.8) is 0 Å². The van der Waals surface area contributed by atoms with E-state index in [1.165, 1.54) is 0 Å². The van der Waals surface area contributed by atoms with Gasteiger partial charge in [0.25, 0.3) is 0 Å². The van der Waals surface area contributed by atoms with Gasteiger partial charge in [0.15, 0.2) is 0 Å². The van der Waals surface area contributed by atoms with Gasteiger partial charge in [-0.05, 0) is 60.8 Å². The SMILES string of the molecule is CC(C)(CCCOc1ccc(Br)cc1Br)C(=O)O. The number of benzene rings is 1. The molecule has 3 nitrogen and oxygen atoms in total. The van der Waals surface area contributed by atoms with Crippen LogP contribution >= 0.6 is 31.9 Å². The van der Waals surface area contributed by atoms with Crippen molar-refractivity contribution in [3.05, 3.63) is 27.1 Å². The summed E-state index contributed by atoms with van der Waals surface area (Å²) in [5, 5.41) is 8.98. The molecule has 0 amide bonds. The molecule has 0 aromatic heterocycles. The Morgan fingerprint density at radius 3 is 2.61 bits per heavy atom. The van der Waals surface area contributed by atoms with E-state index in [2.05, 4.69) is 31.9 Å². The van der Waals surface area contributed by atoms with E-state index in [-0.39, 0.29) is 0 Å². The van der Waals surface area contributed by atoms with Gasteiger partial charge in [-0.15, -0.1) is 0 Å². The van der Waals surface area contributed by atoms with E-state index in [9.17, 15) is 4.79 Å². The van der Waals surface area contributed by atoms with Gasteiger partial charge in [-0.25, -0.2) is 0 Å². The van der Waals surface area contributed by atoms with Crippen molar-refractivity contribution in [1.82, 2.24) is 0 Å². The van der Waals surface area contributed by atoms with Crippen molar-refractivity contribution in [2.75, 3.05) is 6.61 Å². The van der Waals surface area contributed by atoms with Crippen molar-refractivity contribution in [2.24, 2.45) is 5.41 Å². The number of carboxylic acid groups (broad SMARTS) is 1. The molecule has 5 heteroatoms. The summed E-state index contributed by atoms with van der Waals surface area (Å²) >= 11 is 6.78. The smallest absolute Gasteiger partial charge is 0.309 e. The van der Waals surface area contributed by atoms with Crippen molar-refractivity contribution < 1.29 is 14.6 Å². The Hall–Kier alpha value is -0.550. The van der Waals surface area contributed by atoms with Crippen LogP contribution in [0.25, 0.3) is 0 Å². The molecule has 0 heterocycles. The van der Waals surface area contributed by atoms with E-state index in [1.807, 2.05) is 18.2 Å². The molecule has 0 atom stereocenters. The predicted molar refractivity (Wildman–Crippen MR) is 78.0 cm³/mol. The number of hydrogen-bond donors (Lipinski definition) is 1. The van der Waals surface area contributed by atoms with Gasteiger partial charge in [0.1, 0.15) is 5.75 Å². The van der Waals surface area contributed by atoms with Gasteiger partial charge in [0.05, 0.1) is 16.5 Å². The second-order valence-electron chi connectivity index (χ2n) is 4.72. The predicted octanol–water partition coefficient (Wildman–Crippen LogP) is 4.48. The molecule has 1 aromatic rings. The Kier molecular flexibility index (Phi) is 5.66. The summed E-state index contributed by atoms with van der Waals surface area (Å²) in [5.74, 6) is -0.00125. The van der Waals surface area contributed by atoms with Crippen LogP contribution in [0.3, 0.4) is 0 Å². The van der Waals surface area contributed by atoms with Crippen LogP contribution < -0.4 is 4.74 Å². The Morgan fingerprint density at radius 1 is 1.39 bits per heavy atom. The Bertz CT molecular complexity index is 430. The van der Waals surface area contributed by atoms with Gasteiger partial charge < -0.3 is 9.84 Å². The summed E-state index contributed by atoms with van der Waals surface area (Å²) in [6.07, 6.45) is 1.30. The molecule has 0 saturated heterocycles. The lowest BCUT2D eigenvalue weighted by atomic mass is 9.88. The van der Waals surface area contributed by atoms with E-state index in [1.54, 1.807) is 13.8 Å². The first-order chi connectivity index (χ1) is 8.33. The molecular weight excluding hydrogens is 364 g/mol. The first-order valence-corrected chi connectivity index (χ1v) is 7.23. The third kappa shape index (κ3) is 4.61. The minimum absolute atomic E-state index is 0.511. The van der Waals surface area contributed by atoms with Gasteiger partial charge in [-0.3, -0.25) is 4.79 Å². The Labute approximate surface area is 124 Å². The monoisotopic (exact) mass is 378 g/mol. The summed E-state index contributed by atoms with van der Waals surface area (Å²) in [6.45, 7) is 3.96. The lowest BCUT2D eigenvalue weighted by Crippen LogP contribution is -2.24. The van der Waals surface area contributed by atoms with E-state index in [0.29, 0.717) is 19.4 Å². The number of ether oxygens (including phenoxy) is 1. The molecule has 0 radical (unpaired) electrons. The highest BCUT2D eigenvalue weighted by Gasteiger charge is 2.26. The average molecular weight is 380 g/mol. The van der Waals surface area contributed by atoms with Gasteiger partial charge in [0.2, 0.25) is 0 Å². The molecule has 0 saturated carbocycles. The highest BCUT2D eigenvalue weighted by atomic mass is 79.9. The lowest BCUT2D eigenvalue weighted by molar-refractivity contribution is -0.147. The molecule has 0 aliphatic carbocycles. The molecule has 0 aliphatic rings. The van der Waals surface area contributed by atoms with Crippen LogP contribution in [0.15, 0.2) is 27.1 Å². The van der Waals surface area contributed by atoms with Crippen molar-refractivity contribution in [3.8, 4) is 5.75 Å². The van der Waals surface area contributed by atoms with Crippen LogP contribution in [-0.2, 0) is 4.79 Å². The van der Waals surface area contributed by atoms with E-state index in [0.717, 1.165) is 14.7 Å². The van der Waals surface area contributed by atoms with Crippen LogP contribution in [0, 0.1) is 5.41 Å². The highest BCUT2D eigenvalue weighted by Crippen LogP contribution is 2.29. The molecule has 0 aliphatic heterocycles. The maximum Gasteiger partial charge on any atom is 0.309 e. The third-order valence-electron chi connectivity index (χ3n) is 2.68. The number of aliphatic carboxylic acids is 1. The summed E-state index contributed by atoms with van der Waals surface area (Å²) < 4.78 is 7.47. The Balaban J connectivity index is 2.41. The fraction of sp³-hybridized carbons (Fsp3) is 0.462. The molecule has 1 rings (SSSR count). The molecule has 1 N–H and O–H groups in total. The maximum atomic E-state index is 10.9. The topological polar surface area (TPSA) is 46.5 Å². The maximum absolute atomic E-state index is 10.9. The summed E-state index contributed by atoms with van der Waals surface area (Å²) in [5.41, 5.74) is -0.694. The number of carbonyl (C=O) groups is 1. The largest absolute Gasteiger partial charge is 0.492 e. The molecule has 18 heavy (non-hydrogen) atoms. The number of carboxylic acids is 1. The fourth-order valence-electron chi connectivity index (χ4n) is 1.40. The standard InChI is InChI=1S/C13H16Br2O3/c1-13(2,12(16)17)6-3-7-18-11-5-4-9(14)8-10(11)15/h4-5,8H,3,6-7H2,1-2H3,(H,16,17). The first-order valence-electron chi connectivity index (χ1n) is 5.64. The molecule has 1 aromatic carbocycles. The minimum Gasteiger partial charge on any atom is -0.492 e. The van der Waals surface area contributed by atoms with Crippen LogP contribution in [0.2, 0.25) is 0 Å². The van der Waals surface area contributed by atoms with Gasteiger partial charge in [0, 0.05) is 4.47 Å². The number of halogens is 2. The molecule has 0 fully saturated rings. The second-order valence-corrected chi connectivity index (χ2v) is 6.49. The van der Waals surface area contributed by atoms with Crippen LogP contribution in [0.1, 0.15) is 26.7 Å². The van der Waals surface area contributed by atoms with Crippen molar-refractivity contribution in [1.29, 1.82) is 0 Å². The molecule has 0 spiro atoms. The summed E-state index contributed by atoms with van der Waals surface area (Å²) in [7, 11) is 0. The molecular formula is C13H16Br2O3. The summed E-state index contributed by atoms with van der Waals surface area (Å²) in [4.78, 5) is 10.9. The van der Waals surface area contributed by atoms with E-state index >= 15 is 0 Å². The van der Waals surface area contributed by atoms with Crippen LogP contribution in [-0.4, -0.2) is 17.7 Å². The average Bonchev–Trinajstić information content (AvgIpc) is 2.26. The fourth-order valence-corrected chi connectivity index (χ4v) is 2.56. The van der Waals surface area contributed by atoms with Crippen LogP contribution in [0.4, 0.5) is 0 Å². The lowest BCUT2D eigenvalue weighted by Gasteiger charge is -2.18. The quantitative estimate of drug-likeness (QED) is 0.741. The zero-order valence-corrected chi connectivity index (χ0v) is 13.5. The first kappa shape index (κ1) is 15.5. The van der Waals surface area contributed by atoms with E-state index < -0.39 is 11.4 Å². The number of rotatable bonds is 6. The van der Waals surface area contributed by atoms with Gasteiger partial charge >= 0.3 is 5.97 Å². The van der Waals surface area contributed by atoms with E-state index in [4.69, 9.17) is 9.84 Å². The number of hydrogen-bond acceptors (Lipinski definition) is 2.